The van der Waals surface area contributed by atoms with Crippen molar-refractivity contribution in [3.8, 4) is 17.1 Å². The van der Waals surface area contributed by atoms with Gasteiger partial charge in [-0.3, -0.25) is 0 Å². The minimum absolute atomic E-state index is 0.0394. The number of nitrogen functional groups attached to an aromatic ring is 1. The smallest absolute Gasteiger partial charge is 0.185 e. The second kappa shape index (κ2) is 5.45. The molecule has 0 aliphatic heterocycles. The fraction of sp³-hybridized carbons (Fsp3) is 0.364. The molecule has 0 spiro atoms. The van der Waals surface area contributed by atoms with Crippen molar-refractivity contribution in [2.75, 3.05) is 24.9 Å². The van der Waals surface area contributed by atoms with E-state index in [1.807, 2.05) is 0 Å². The average molecular weight is 297 g/mol. The molecule has 2 rings (SSSR count). The summed E-state index contributed by atoms with van der Waals surface area (Å²) >= 11 is 0. The largest absolute Gasteiger partial charge is 0.496 e. The summed E-state index contributed by atoms with van der Waals surface area (Å²) in [6.07, 6.45) is 1.17. The van der Waals surface area contributed by atoms with E-state index >= 15 is 0 Å². The number of aryl methyl sites for hydroxylation is 1. The number of methoxy groups -OCH3 is 1. The van der Waals surface area contributed by atoms with Crippen LogP contribution in [0.25, 0.3) is 11.4 Å². The Kier molecular flexibility index (Phi) is 3.89. The highest BCUT2D eigenvalue weighted by molar-refractivity contribution is 7.90. The molecule has 0 saturated heterocycles. The molecule has 8 nitrogen and oxygen atoms in total. The molecule has 1 heterocycles. The number of anilines is 1. The zero-order valence-corrected chi connectivity index (χ0v) is 12.0. The molecule has 2 aromatic rings. The standard InChI is InChI=1S/C11H15N5O3S/c1-19-10-7-8(12)3-4-9(10)11-13-14-15-16(11)5-6-20(2,17)18/h3-4,7H,5-6,12H2,1-2H3. The fourth-order valence-corrected chi connectivity index (χ4v) is 2.20. The topological polar surface area (TPSA) is 113 Å². The lowest BCUT2D eigenvalue weighted by Crippen LogP contribution is -2.13. The minimum Gasteiger partial charge on any atom is -0.496 e. The lowest BCUT2D eigenvalue weighted by molar-refractivity contribution is 0.416. The minimum atomic E-state index is -3.09. The molecule has 0 radical (unpaired) electrons. The molecule has 0 aliphatic rings. The van der Waals surface area contributed by atoms with Crippen LogP contribution in [0.2, 0.25) is 0 Å². The van der Waals surface area contributed by atoms with E-state index in [9.17, 15) is 8.42 Å². The first-order valence-corrected chi connectivity index (χ1v) is 7.84. The number of benzene rings is 1. The van der Waals surface area contributed by atoms with Crippen LogP contribution in [0.15, 0.2) is 18.2 Å². The number of sulfone groups is 1. The molecule has 0 atom stereocenters. The Balaban J connectivity index is 2.37. The predicted octanol–water partition coefficient (Wildman–Crippen LogP) is -0.0245. The fourth-order valence-electron chi connectivity index (χ4n) is 1.69. The van der Waals surface area contributed by atoms with Gasteiger partial charge in [-0.05, 0) is 22.6 Å². The molecule has 0 saturated carbocycles. The third-order valence-corrected chi connectivity index (χ3v) is 3.60. The zero-order valence-electron chi connectivity index (χ0n) is 11.1. The first-order chi connectivity index (χ1) is 9.40. The average Bonchev–Trinajstić information content (AvgIpc) is 2.83. The number of hydrogen-bond donors (Lipinski definition) is 1. The first kappa shape index (κ1) is 14.3. The molecule has 9 heteroatoms. The molecule has 1 aromatic heterocycles. The lowest BCUT2D eigenvalue weighted by atomic mass is 10.1. The lowest BCUT2D eigenvalue weighted by Gasteiger charge is -2.09. The van der Waals surface area contributed by atoms with Gasteiger partial charge in [0.25, 0.3) is 0 Å². The van der Waals surface area contributed by atoms with E-state index in [-0.39, 0.29) is 12.3 Å². The van der Waals surface area contributed by atoms with Gasteiger partial charge in [0.05, 0.1) is 25.0 Å². The highest BCUT2D eigenvalue weighted by Crippen LogP contribution is 2.29. The van der Waals surface area contributed by atoms with Crippen molar-refractivity contribution in [3.05, 3.63) is 18.2 Å². The molecule has 0 bridgehead atoms. The van der Waals surface area contributed by atoms with Gasteiger partial charge in [-0.1, -0.05) is 0 Å². The van der Waals surface area contributed by atoms with E-state index in [0.29, 0.717) is 22.8 Å². The molecule has 2 N–H and O–H groups in total. The van der Waals surface area contributed by atoms with E-state index in [2.05, 4.69) is 15.5 Å². The van der Waals surface area contributed by atoms with Gasteiger partial charge >= 0.3 is 0 Å². The Labute approximate surface area is 116 Å². The van der Waals surface area contributed by atoms with Gasteiger partial charge in [-0.15, -0.1) is 5.10 Å². The molecule has 108 valence electrons. The number of hydrogen-bond acceptors (Lipinski definition) is 7. The molecular formula is C11H15N5O3S. The molecular weight excluding hydrogens is 282 g/mol. The van der Waals surface area contributed by atoms with Crippen molar-refractivity contribution in [2.24, 2.45) is 0 Å². The summed E-state index contributed by atoms with van der Waals surface area (Å²) in [7, 11) is -1.57. The van der Waals surface area contributed by atoms with Crippen LogP contribution in [-0.2, 0) is 16.4 Å². The van der Waals surface area contributed by atoms with Gasteiger partial charge in [-0.2, -0.15) is 0 Å². The molecule has 0 fully saturated rings. The van der Waals surface area contributed by atoms with Gasteiger partial charge in [0, 0.05) is 18.0 Å². The van der Waals surface area contributed by atoms with Crippen molar-refractivity contribution in [3.63, 3.8) is 0 Å². The van der Waals surface area contributed by atoms with Crippen LogP contribution in [0.5, 0.6) is 5.75 Å². The summed E-state index contributed by atoms with van der Waals surface area (Å²) in [6.45, 7) is 0.175. The molecule has 20 heavy (non-hydrogen) atoms. The maximum atomic E-state index is 11.2. The van der Waals surface area contributed by atoms with E-state index in [1.54, 1.807) is 18.2 Å². The Morgan fingerprint density at radius 3 is 2.80 bits per heavy atom. The third kappa shape index (κ3) is 3.23. The van der Waals surface area contributed by atoms with Crippen LogP contribution in [0.3, 0.4) is 0 Å². The number of nitrogens with two attached hydrogens (primary N) is 1. The van der Waals surface area contributed by atoms with Gasteiger partial charge in [0.1, 0.15) is 15.6 Å². The van der Waals surface area contributed by atoms with Gasteiger partial charge < -0.3 is 10.5 Å². The normalized spacial score (nSPS) is 11.5. The number of tetrazole rings is 1. The summed E-state index contributed by atoms with van der Waals surface area (Å²) in [6, 6.07) is 5.09. The Hall–Kier alpha value is -2.16. The number of nitrogens with zero attached hydrogens (tertiary/aromatic N) is 4. The van der Waals surface area contributed by atoms with Crippen molar-refractivity contribution in [2.45, 2.75) is 6.54 Å². The van der Waals surface area contributed by atoms with Gasteiger partial charge in [0.2, 0.25) is 0 Å². The van der Waals surface area contributed by atoms with Crippen molar-refractivity contribution in [1.82, 2.24) is 20.2 Å². The zero-order chi connectivity index (χ0) is 14.8. The second-order valence-electron chi connectivity index (χ2n) is 4.32. The molecule has 0 amide bonds. The van der Waals surface area contributed by atoms with Crippen LogP contribution < -0.4 is 10.5 Å². The maximum absolute atomic E-state index is 11.2. The Morgan fingerprint density at radius 1 is 1.40 bits per heavy atom. The first-order valence-electron chi connectivity index (χ1n) is 5.78. The van der Waals surface area contributed by atoms with Gasteiger partial charge in [-0.25, -0.2) is 13.1 Å². The number of rotatable bonds is 5. The van der Waals surface area contributed by atoms with Crippen LogP contribution in [0, 0.1) is 0 Å². The quantitative estimate of drug-likeness (QED) is 0.771. The maximum Gasteiger partial charge on any atom is 0.185 e. The van der Waals surface area contributed by atoms with Crippen molar-refractivity contribution >= 4 is 15.5 Å². The third-order valence-electron chi connectivity index (χ3n) is 2.67. The van der Waals surface area contributed by atoms with Gasteiger partial charge in [0.15, 0.2) is 5.82 Å². The van der Waals surface area contributed by atoms with Crippen molar-refractivity contribution < 1.29 is 13.2 Å². The van der Waals surface area contributed by atoms with E-state index < -0.39 is 9.84 Å². The van der Waals surface area contributed by atoms with Crippen LogP contribution in [-0.4, -0.2) is 47.7 Å². The highest BCUT2D eigenvalue weighted by Gasteiger charge is 2.15. The van der Waals surface area contributed by atoms with Crippen LogP contribution >= 0.6 is 0 Å². The summed E-state index contributed by atoms with van der Waals surface area (Å²) in [4.78, 5) is 0. The van der Waals surface area contributed by atoms with Crippen molar-refractivity contribution in [1.29, 1.82) is 0 Å². The Bertz CT molecular complexity index is 711. The second-order valence-corrected chi connectivity index (χ2v) is 6.57. The molecule has 0 unspecified atom stereocenters. The number of ether oxygens (including phenoxy) is 1. The van der Waals surface area contributed by atoms with E-state index in [1.165, 1.54) is 18.0 Å². The summed E-state index contributed by atoms with van der Waals surface area (Å²) in [5.74, 6) is 0.924. The predicted molar refractivity (Wildman–Crippen MR) is 73.9 cm³/mol. The molecule has 0 aliphatic carbocycles. The van der Waals surface area contributed by atoms with Crippen LogP contribution in [0.4, 0.5) is 5.69 Å². The van der Waals surface area contributed by atoms with E-state index in [4.69, 9.17) is 10.5 Å². The highest BCUT2D eigenvalue weighted by atomic mass is 32.2. The monoisotopic (exact) mass is 297 g/mol. The summed E-state index contributed by atoms with van der Waals surface area (Å²) < 4.78 is 29.1. The Morgan fingerprint density at radius 2 is 2.15 bits per heavy atom. The SMILES string of the molecule is COc1cc(N)ccc1-c1nnnn1CCS(C)(=O)=O. The van der Waals surface area contributed by atoms with Crippen LogP contribution in [0.1, 0.15) is 0 Å². The summed E-state index contributed by atoms with van der Waals surface area (Å²) in [5, 5.41) is 11.3. The number of aromatic nitrogens is 4. The molecule has 1 aromatic carbocycles. The van der Waals surface area contributed by atoms with E-state index in [0.717, 1.165) is 0 Å². The summed E-state index contributed by atoms with van der Waals surface area (Å²) in [5.41, 5.74) is 6.90.